The third-order valence-electron chi connectivity index (χ3n) is 4.02. The molecule has 1 aliphatic rings. The molecular weight excluding hydrogens is 222 g/mol. The zero-order valence-corrected chi connectivity index (χ0v) is 11.8. The van der Waals surface area contributed by atoms with Crippen LogP contribution in [0.5, 0.6) is 5.75 Å². The minimum Gasteiger partial charge on any atom is -0.494 e. The van der Waals surface area contributed by atoms with Gasteiger partial charge in [0, 0.05) is 12.1 Å². The fourth-order valence-electron chi connectivity index (χ4n) is 2.83. The molecule has 2 nitrogen and oxygen atoms in total. The van der Waals surface area contributed by atoms with Crippen LogP contribution in [-0.4, -0.2) is 12.6 Å². The van der Waals surface area contributed by atoms with E-state index in [0.29, 0.717) is 12.1 Å². The quantitative estimate of drug-likeness (QED) is 0.851. The molecule has 0 aliphatic heterocycles. The molecule has 1 aliphatic carbocycles. The van der Waals surface area contributed by atoms with E-state index >= 15 is 0 Å². The van der Waals surface area contributed by atoms with Crippen LogP contribution in [0.25, 0.3) is 0 Å². The number of hydrogen-bond acceptors (Lipinski definition) is 2. The molecule has 18 heavy (non-hydrogen) atoms. The molecule has 0 radical (unpaired) electrons. The summed E-state index contributed by atoms with van der Waals surface area (Å²) in [6.07, 6.45) is 4.06. The van der Waals surface area contributed by atoms with Crippen LogP contribution in [0.4, 0.5) is 0 Å². The van der Waals surface area contributed by atoms with E-state index in [0.717, 1.165) is 18.3 Å². The van der Waals surface area contributed by atoms with Gasteiger partial charge in [-0.1, -0.05) is 25.5 Å². The van der Waals surface area contributed by atoms with Gasteiger partial charge in [-0.25, -0.2) is 0 Å². The maximum atomic E-state index is 5.47. The Bertz CT molecular complexity index is 360. The van der Waals surface area contributed by atoms with Crippen molar-refractivity contribution in [2.75, 3.05) is 6.61 Å². The van der Waals surface area contributed by atoms with Crippen LogP contribution < -0.4 is 10.1 Å². The largest absolute Gasteiger partial charge is 0.494 e. The summed E-state index contributed by atoms with van der Waals surface area (Å²) in [6.45, 7) is 7.35. The Morgan fingerprint density at radius 2 is 2.00 bits per heavy atom. The molecule has 1 fully saturated rings. The summed E-state index contributed by atoms with van der Waals surface area (Å²) in [6, 6.07) is 9.58. The van der Waals surface area contributed by atoms with Gasteiger partial charge in [-0.15, -0.1) is 0 Å². The normalized spacial score (nSPS) is 25.1. The van der Waals surface area contributed by atoms with Crippen molar-refractivity contribution in [2.45, 2.75) is 52.1 Å². The number of rotatable bonds is 5. The Kier molecular flexibility index (Phi) is 4.65. The van der Waals surface area contributed by atoms with Gasteiger partial charge in [-0.3, -0.25) is 0 Å². The second kappa shape index (κ2) is 6.24. The Morgan fingerprint density at radius 1 is 1.28 bits per heavy atom. The predicted octanol–water partition coefficient (Wildman–Crippen LogP) is 3.92. The van der Waals surface area contributed by atoms with Gasteiger partial charge >= 0.3 is 0 Å². The molecule has 0 aromatic heterocycles. The molecule has 1 saturated carbocycles. The standard InChI is InChI=1S/C16H25NO/c1-4-18-15-10-8-14(9-11-15)13(3)17-16-7-5-6-12(16)2/h8-13,16-17H,4-7H2,1-3H3. The van der Waals surface area contributed by atoms with E-state index in [2.05, 4.69) is 43.4 Å². The maximum Gasteiger partial charge on any atom is 0.119 e. The fraction of sp³-hybridized carbons (Fsp3) is 0.625. The van der Waals surface area contributed by atoms with Gasteiger partial charge in [0.1, 0.15) is 5.75 Å². The van der Waals surface area contributed by atoms with Gasteiger partial charge in [-0.05, 0) is 50.3 Å². The molecule has 3 atom stereocenters. The van der Waals surface area contributed by atoms with Crippen LogP contribution >= 0.6 is 0 Å². The lowest BCUT2D eigenvalue weighted by molar-refractivity contribution is 0.339. The first-order valence-electron chi connectivity index (χ1n) is 7.19. The summed E-state index contributed by atoms with van der Waals surface area (Å²) in [7, 11) is 0. The van der Waals surface area contributed by atoms with Crippen molar-refractivity contribution in [3.8, 4) is 5.75 Å². The molecular formula is C16H25NO. The van der Waals surface area contributed by atoms with Crippen LogP contribution in [0, 0.1) is 5.92 Å². The molecule has 0 amide bonds. The smallest absolute Gasteiger partial charge is 0.119 e. The Balaban J connectivity index is 1.93. The van der Waals surface area contributed by atoms with Crippen molar-refractivity contribution < 1.29 is 4.74 Å². The van der Waals surface area contributed by atoms with Gasteiger partial charge in [0.15, 0.2) is 0 Å². The molecule has 1 aromatic rings. The fourth-order valence-corrected chi connectivity index (χ4v) is 2.83. The Labute approximate surface area is 111 Å². The molecule has 0 heterocycles. The van der Waals surface area contributed by atoms with Gasteiger partial charge in [0.05, 0.1) is 6.61 Å². The van der Waals surface area contributed by atoms with Gasteiger partial charge < -0.3 is 10.1 Å². The van der Waals surface area contributed by atoms with Gasteiger partial charge in [-0.2, -0.15) is 0 Å². The lowest BCUT2D eigenvalue weighted by atomic mass is 10.0. The van der Waals surface area contributed by atoms with Crippen molar-refractivity contribution in [3.63, 3.8) is 0 Å². The number of benzene rings is 1. The van der Waals surface area contributed by atoms with E-state index in [1.807, 2.05) is 6.92 Å². The number of ether oxygens (including phenoxy) is 1. The SMILES string of the molecule is CCOc1ccc(C(C)NC2CCCC2C)cc1. The Morgan fingerprint density at radius 3 is 2.56 bits per heavy atom. The first-order chi connectivity index (χ1) is 8.70. The molecule has 0 spiro atoms. The monoisotopic (exact) mass is 247 g/mol. The van der Waals surface area contributed by atoms with Crippen LogP contribution in [0.3, 0.4) is 0 Å². The van der Waals surface area contributed by atoms with E-state index in [1.165, 1.54) is 24.8 Å². The van der Waals surface area contributed by atoms with Gasteiger partial charge in [0.2, 0.25) is 0 Å². The second-order valence-corrected chi connectivity index (χ2v) is 5.41. The molecule has 100 valence electrons. The third kappa shape index (κ3) is 3.26. The van der Waals surface area contributed by atoms with Crippen molar-refractivity contribution >= 4 is 0 Å². The Hall–Kier alpha value is -1.02. The lowest BCUT2D eigenvalue weighted by Gasteiger charge is -2.23. The molecule has 2 heteroatoms. The van der Waals surface area contributed by atoms with Crippen molar-refractivity contribution in [1.82, 2.24) is 5.32 Å². The molecule has 3 unspecified atom stereocenters. The highest BCUT2D eigenvalue weighted by Gasteiger charge is 2.24. The average Bonchev–Trinajstić information content (AvgIpc) is 2.76. The van der Waals surface area contributed by atoms with E-state index < -0.39 is 0 Å². The maximum absolute atomic E-state index is 5.47. The highest BCUT2D eigenvalue weighted by molar-refractivity contribution is 5.29. The molecule has 2 rings (SSSR count). The van der Waals surface area contributed by atoms with E-state index in [-0.39, 0.29) is 0 Å². The topological polar surface area (TPSA) is 21.3 Å². The predicted molar refractivity (Wildman–Crippen MR) is 76.0 cm³/mol. The molecule has 0 bridgehead atoms. The molecule has 0 saturated heterocycles. The average molecular weight is 247 g/mol. The van der Waals surface area contributed by atoms with Crippen molar-refractivity contribution in [3.05, 3.63) is 29.8 Å². The minimum absolute atomic E-state index is 0.422. The number of hydrogen-bond donors (Lipinski definition) is 1. The van der Waals surface area contributed by atoms with E-state index in [1.54, 1.807) is 0 Å². The van der Waals surface area contributed by atoms with E-state index in [9.17, 15) is 0 Å². The first-order valence-corrected chi connectivity index (χ1v) is 7.19. The summed E-state index contributed by atoms with van der Waals surface area (Å²) in [4.78, 5) is 0. The lowest BCUT2D eigenvalue weighted by Crippen LogP contribution is -2.33. The van der Waals surface area contributed by atoms with Crippen molar-refractivity contribution in [1.29, 1.82) is 0 Å². The van der Waals surface area contributed by atoms with E-state index in [4.69, 9.17) is 4.74 Å². The van der Waals surface area contributed by atoms with Crippen LogP contribution in [-0.2, 0) is 0 Å². The number of nitrogens with one attached hydrogen (secondary N) is 1. The van der Waals surface area contributed by atoms with Crippen molar-refractivity contribution in [2.24, 2.45) is 5.92 Å². The third-order valence-corrected chi connectivity index (χ3v) is 4.02. The zero-order valence-electron chi connectivity index (χ0n) is 11.8. The molecule has 1 N–H and O–H groups in total. The van der Waals surface area contributed by atoms with Crippen LogP contribution in [0.2, 0.25) is 0 Å². The zero-order chi connectivity index (χ0) is 13.0. The second-order valence-electron chi connectivity index (χ2n) is 5.41. The van der Waals surface area contributed by atoms with Gasteiger partial charge in [0.25, 0.3) is 0 Å². The van der Waals surface area contributed by atoms with Crippen LogP contribution in [0.1, 0.15) is 51.6 Å². The summed E-state index contributed by atoms with van der Waals surface area (Å²) < 4.78 is 5.47. The summed E-state index contributed by atoms with van der Waals surface area (Å²) in [5, 5.41) is 3.76. The first kappa shape index (κ1) is 13.4. The summed E-state index contributed by atoms with van der Waals surface area (Å²) >= 11 is 0. The minimum atomic E-state index is 0.422. The highest BCUT2D eigenvalue weighted by Crippen LogP contribution is 2.27. The van der Waals surface area contributed by atoms with Crippen LogP contribution in [0.15, 0.2) is 24.3 Å². The molecule has 1 aromatic carbocycles. The highest BCUT2D eigenvalue weighted by atomic mass is 16.5. The summed E-state index contributed by atoms with van der Waals surface area (Å²) in [5.41, 5.74) is 1.34. The summed E-state index contributed by atoms with van der Waals surface area (Å²) in [5.74, 6) is 1.78.